The monoisotopic (exact) mass is 348 g/mol. The summed E-state index contributed by atoms with van der Waals surface area (Å²) in [5.41, 5.74) is 1.32. The first-order valence-corrected chi connectivity index (χ1v) is 8.76. The number of benzene rings is 1. The molecule has 1 aromatic heterocycles. The molecule has 1 aromatic carbocycles. The van der Waals surface area contributed by atoms with Gasteiger partial charge in [-0.1, -0.05) is 12.1 Å². The van der Waals surface area contributed by atoms with Crippen molar-refractivity contribution in [3.05, 3.63) is 53.7 Å². The molecule has 8 heteroatoms. The van der Waals surface area contributed by atoms with Gasteiger partial charge in [0.05, 0.1) is 4.90 Å². The maximum atomic E-state index is 12.2. The molecule has 0 aliphatic heterocycles. The molecule has 2 rings (SSSR count). The number of amides is 1. The largest absolute Gasteiger partial charge is 0.363 e. The van der Waals surface area contributed by atoms with E-state index in [1.807, 2.05) is 19.0 Å². The van der Waals surface area contributed by atoms with Gasteiger partial charge >= 0.3 is 0 Å². The van der Waals surface area contributed by atoms with Gasteiger partial charge in [0.15, 0.2) is 0 Å². The van der Waals surface area contributed by atoms with Crippen LogP contribution in [0.2, 0.25) is 0 Å². The second-order valence-electron chi connectivity index (χ2n) is 5.33. The van der Waals surface area contributed by atoms with Gasteiger partial charge in [0.1, 0.15) is 5.82 Å². The topological polar surface area (TPSA) is 91.4 Å². The number of carbonyl (C=O) groups excluding carboxylic acids is 1. The van der Waals surface area contributed by atoms with E-state index in [2.05, 4.69) is 15.0 Å². The van der Waals surface area contributed by atoms with Crippen LogP contribution < -0.4 is 14.9 Å². The molecule has 0 bridgehead atoms. The van der Waals surface area contributed by atoms with Gasteiger partial charge in [0, 0.05) is 32.4 Å². The van der Waals surface area contributed by atoms with Crippen molar-refractivity contribution < 1.29 is 13.2 Å². The zero-order valence-corrected chi connectivity index (χ0v) is 14.6. The van der Waals surface area contributed by atoms with Crippen LogP contribution in [0.3, 0.4) is 0 Å². The molecule has 0 unspecified atom stereocenters. The number of hydrogen-bond donors (Lipinski definition) is 2. The lowest BCUT2D eigenvalue weighted by atomic mass is 10.2. The molecule has 24 heavy (non-hydrogen) atoms. The van der Waals surface area contributed by atoms with Crippen molar-refractivity contribution in [3.8, 4) is 0 Å². The van der Waals surface area contributed by atoms with E-state index in [9.17, 15) is 13.2 Å². The second-order valence-corrected chi connectivity index (χ2v) is 7.22. The van der Waals surface area contributed by atoms with Gasteiger partial charge in [-0.15, -0.1) is 0 Å². The Kier molecular flexibility index (Phi) is 5.53. The number of carbonyl (C=O) groups is 1. The highest BCUT2D eigenvalue weighted by atomic mass is 32.2. The summed E-state index contributed by atoms with van der Waals surface area (Å²) < 4.78 is 25.6. The minimum Gasteiger partial charge on any atom is -0.363 e. The third-order valence-electron chi connectivity index (χ3n) is 3.42. The molecule has 7 nitrogen and oxygen atoms in total. The van der Waals surface area contributed by atoms with Crippen LogP contribution in [0.25, 0.3) is 0 Å². The van der Waals surface area contributed by atoms with Crippen molar-refractivity contribution in [2.45, 2.75) is 11.4 Å². The molecular weight excluding hydrogens is 328 g/mol. The van der Waals surface area contributed by atoms with E-state index in [1.165, 1.54) is 19.2 Å². The van der Waals surface area contributed by atoms with E-state index in [1.54, 1.807) is 30.5 Å². The first kappa shape index (κ1) is 17.9. The highest BCUT2D eigenvalue weighted by Gasteiger charge is 2.11. The Morgan fingerprint density at radius 3 is 2.42 bits per heavy atom. The quantitative estimate of drug-likeness (QED) is 0.812. The highest BCUT2D eigenvalue weighted by Crippen LogP contribution is 2.11. The van der Waals surface area contributed by atoms with Gasteiger partial charge in [-0.3, -0.25) is 4.79 Å². The van der Waals surface area contributed by atoms with Gasteiger partial charge in [-0.2, -0.15) is 0 Å². The van der Waals surface area contributed by atoms with Crippen molar-refractivity contribution in [3.63, 3.8) is 0 Å². The lowest BCUT2D eigenvalue weighted by Gasteiger charge is -2.12. The minimum absolute atomic E-state index is 0.185. The molecule has 0 aliphatic carbocycles. The lowest BCUT2D eigenvalue weighted by Crippen LogP contribution is -2.23. The van der Waals surface area contributed by atoms with Crippen LogP contribution in [-0.2, 0) is 16.6 Å². The Balaban J connectivity index is 2.03. The summed E-state index contributed by atoms with van der Waals surface area (Å²) in [7, 11) is 1.61. The smallest absolute Gasteiger partial charge is 0.251 e. The lowest BCUT2D eigenvalue weighted by molar-refractivity contribution is 0.0951. The molecule has 2 N–H and O–H groups in total. The van der Waals surface area contributed by atoms with E-state index >= 15 is 0 Å². The summed E-state index contributed by atoms with van der Waals surface area (Å²) in [5, 5.41) is 2.80. The summed E-state index contributed by atoms with van der Waals surface area (Å²) >= 11 is 0. The number of sulfonamides is 1. The average molecular weight is 348 g/mol. The number of rotatable bonds is 6. The fourth-order valence-electron chi connectivity index (χ4n) is 1.99. The van der Waals surface area contributed by atoms with Gasteiger partial charge in [0.2, 0.25) is 10.0 Å². The van der Waals surface area contributed by atoms with Crippen LogP contribution in [0.1, 0.15) is 15.9 Å². The maximum absolute atomic E-state index is 12.2. The van der Waals surface area contributed by atoms with E-state index < -0.39 is 10.0 Å². The summed E-state index contributed by atoms with van der Waals surface area (Å²) in [4.78, 5) is 18.4. The summed E-state index contributed by atoms with van der Waals surface area (Å²) in [5.74, 6) is 0.483. The Morgan fingerprint density at radius 2 is 1.83 bits per heavy atom. The number of hydrogen-bond acceptors (Lipinski definition) is 5. The third-order valence-corrected chi connectivity index (χ3v) is 4.85. The first-order chi connectivity index (χ1) is 11.3. The molecule has 0 fully saturated rings. The standard InChI is InChI=1S/C16H20N4O3S/c1-17-24(22,23)14-6-4-12(5-7-14)11-19-16(21)13-8-9-18-15(10-13)20(2)3/h4-10,17H,11H2,1-3H3,(H,19,21). The number of aromatic nitrogens is 1. The highest BCUT2D eigenvalue weighted by molar-refractivity contribution is 7.89. The fraction of sp³-hybridized carbons (Fsp3) is 0.250. The molecule has 0 spiro atoms. The zero-order chi connectivity index (χ0) is 17.7. The summed E-state index contributed by atoms with van der Waals surface area (Å²) in [6.45, 7) is 0.304. The molecular formula is C16H20N4O3S. The minimum atomic E-state index is -3.45. The third kappa shape index (κ3) is 4.30. The van der Waals surface area contributed by atoms with E-state index in [-0.39, 0.29) is 10.8 Å². The van der Waals surface area contributed by atoms with Crippen LogP contribution in [0.4, 0.5) is 5.82 Å². The van der Waals surface area contributed by atoms with E-state index in [0.29, 0.717) is 17.9 Å². The molecule has 0 radical (unpaired) electrons. The Labute approximate surface area is 141 Å². The van der Waals surface area contributed by atoms with Gasteiger partial charge < -0.3 is 10.2 Å². The zero-order valence-electron chi connectivity index (χ0n) is 13.8. The predicted octanol–water partition coefficient (Wildman–Crippen LogP) is 0.986. The summed E-state index contributed by atoms with van der Waals surface area (Å²) in [6.07, 6.45) is 1.58. The SMILES string of the molecule is CNS(=O)(=O)c1ccc(CNC(=O)c2ccnc(N(C)C)c2)cc1. The second kappa shape index (κ2) is 7.41. The van der Waals surface area contributed by atoms with Gasteiger partial charge in [0.25, 0.3) is 5.91 Å². The van der Waals surface area contributed by atoms with Crippen molar-refractivity contribution in [2.75, 3.05) is 26.0 Å². The Morgan fingerprint density at radius 1 is 1.17 bits per heavy atom. The molecule has 0 saturated heterocycles. The van der Waals surface area contributed by atoms with Gasteiger partial charge in [-0.25, -0.2) is 18.1 Å². The van der Waals surface area contributed by atoms with Crippen molar-refractivity contribution >= 4 is 21.7 Å². The fourth-order valence-corrected chi connectivity index (χ4v) is 2.72. The summed E-state index contributed by atoms with van der Waals surface area (Å²) in [6, 6.07) is 9.70. The normalized spacial score (nSPS) is 11.1. The average Bonchev–Trinajstić information content (AvgIpc) is 2.60. The van der Waals surface area contributed by atoms with E-state index in [4.69, 9.17) is 0 Å². The van der Waals surface area contributed by atoms with Crippen molar-refractivity contribution in [2.24, 2.45) is 0 Å². The first-order valence-electron chi connectivity index (χ1n) is 7.27. The molecule has 2 aromatic rings. The molecule has 128 valence electrons. The van der Waals surface area contributed by atoms with Crippen molar-refractivity contribution in [1.29, 1.82) is 0 Å². The number of nitrogens with one attached hydrogen (secondary N) is 2. The Hall–Kier alpha value is -2.45. The Bertz CT molecular complexity index is 817. The van der Waals surface area contributed by atoms with Crippen LogP contribution in [0.5, 0.6) is 0 Å². The van der Waals surface area contributed by atoms with Crippen LogP contribution >= 0.6 is 0 Å². The predicted molar refractivity (Wildman–Crippen MR) is 92.4 cm³/mol. The number of nitrogens with zero attached hydrogens (tertiary/aromatic N) is 2. The molecule has 1 amide bonds. The number of pyridine rings is 1. The molecule has 0 atom stereocenters. The maximum Gasteiger partial charge on any atom is 0.251 e. The van der Waals surface area contributed by atoms with E-state index in [0.717, 1.165) is 5.56 Å². The molecule has 1 heterocycles. The van der Waals surface area contributed by atoms with Crippen LogP contribution in [0.15, 0.2) is 47.5 Å². The number of anilines is 1. The van der Waals surface area contributed by atoms with Crippen LogP contribution in [0, 0.1) is 0 Å². The molecule has 0 saturated carbocycles. The van der Waals surface area contributed by atoms with Crippen LogP contribution in [-0.4, -0.2) is 40.5 Å². The molecule has 0 aliphatic rings. The van der Waals surface area contributed by atoms with Gasteiger partial charge in [-0.05, 0) is 36.9 Å². The van der Waals surface area contributed by atoms with Crippen molar-refractivity contribution in [1.82, 2.24) is 15.0 Å².